The van der Waals surface area contributed by atoms with Gasteiger partial charge in [-0.05, 0) is 84.3 Å². The summed E-state index contributed by atoms with van der Waals surface area (Å²) in [6.07, 6.45) is 6.89. The van der Waals surface area contributed by atoms with Gasteiger partial charge in [0.2, 0.25) is 11.7 Å². The fourth-order valence-electron chi connectivity index (χ4n) is 4.57. The highest BCUT2D eigenvalue weighted by atomic mass is 19.1. The van der Waals surface area contributed by atoms with Crippen LogP contribution in [-0.2, 0) is 16.1 Å². The number of benzene rings is 2. The van der Waals surface area contributed by atoms with E-state index >= 15 is 0 Å². The minimum absolute atomic E-state index is 0.0206. The molecule has 0 spiro atoms. The van der Waals surface area contributed by atoms with Crippen LogP contribution in [0.2, 0.25) is 0 Å². The number of rotatable bonds is 8. The summed E-state index contributed by atoms with van der Waals surface area (Å²) in [4.78, 5) is 33.9. The van der Waals surface area contributed by atoms with Gasteiger partial charge in [0, 0.05) is 29.7 Å². The Morgan fingerprint density at radius 3 is 2.24 bits per heavy atom. The van der Waals surface area contributed by atoms with Crippen molar-refractivity contribution in [3.8, 4) is 11.4 Å². The van der Waals surface area contributed by atoms with Crippen LogP contribution < -0.4 is 10.2 Å². The Morgan fingerprint density at radius 2 is 1.58 bits per heavy atom. The zero-order valence-electron chi connectivity index (χ0n) is 20.4. The Bertz CT molecular complexity index is 1390. The van der Waals surface area contributed by atoms with E-state index in [1.165, 1.54) is 53.4 Å². The average Bonchev–Trinajstić information content (AvgIpc) is 3.61. The van der Waals surface area contributed by atoms with E-state index in [9.17, 15) is 18.4 Å². The van der Waals surface area contributed by atoms with Gasteiger partial charge in [0.1, 0.15) is 24.2 Å². The van der Waals surface area contributed by atoms with Gasteiger partial charge in [-0.15, -0.1) is 10.2 Å². The van der Waals surface area contributed by atoms with Gasteiger partial charge in [0.05, 0.1) is 0 Å². The lowest BCUT2D eigenvalue weighted by Crippen LogP contribution is -2.47. The summed E-state index contributed by atoms with van der Waals surface area (Å²) in [6, 6.07) is 13.2. The number of carbonyl (C=O) groups is 2. The Labute approximate surface area is 217 Å². The Kier molecular flexibility index (Phi) is 7.43. The Balaban J connectivity index is 1.48. The molecule has 0 radical (unpaired) electrons. The van der Waals surface area contributed by atoms with Gasteiger partial charge in [0.25, 0.3) is 5.91 Å². The highest BCUT2D eigenvalue weighted by molar-refractivity contribution is 6.01. The largest absolute Gasteiger partial charge is 0.351 e. The monoisotopic (exact) mass is 517 g/mol. The number of halogens is 2. The van der Waals surface area contributed by atoms with E-state index in [-0.39, 0.29) is 24.3 Å². The normalized spacial score (nSPS) is 14.3. The van der Waals surface area contributed by atoms with Gasteiger partial charge < -0.3 is 5.32 Å². The second-order valence-corrected chi connectivity index (χ2v) is 9.06. The zero-order chi connectivity index (χ0) is 26.5. The Hall–Kier alpha value is -4.54. The van der Waals surface area contributed by atoms with E-state index in [0.29, 0.717) is 16.8 Å². The first-order valence-corrected chi connectivity index (χ1v) is 12.3. The van der Waals surface area contributed by atoms with Crippen LogP contribution in [0.4, 0.5) is 14.5 Å². The summed E-state index contributed by atoms with van der Waals surface area (Å²) in [6.45, 7) is -0.343. The molecule has 9 nitrogen and oxygen atoms in total. The van der Waals surface area contributed by atoms with Crippen molar-refractivity contribution < 1.29 is 18.4 Å². The number of nitrogens with zero attached hydrogens (tertiary/aromatic N) is 6. The van der Waals surface area contributed by atoms with Crippen molar-refractivity contribution in [2.24, 2.45) is 0 Å². The molecule has 0 unspecified atom stereocenters. The lowest BCUT2D eigenvalue weighted by Gasteiger charge is -2.32. The quantitative estimate of drug-likeness (QED) is 0.381. The van der Waals surface area contributed by atoms with E-state index < -0.39 is 23.6 Å². The molecule has 4 aromatic rings. The molecule has 0 bridgehead atoms. The number of amides is 2. The van der Waals surface area contributed by atoms with Crippen LogP contribution in [0.25, 0.3) is 11.4 Å². The second kappa shape index (κ2) is 11.2. The number of nitrogens with one attached hydrogen (secondary N) is 1. The highest BCUT2D eigenvalue weighted by Crippen LogP contribution is 2.29. The van der Waals surface area contributed by atoms with Crippen LogP contribution in [0.1, 0.15) is 37.3 Å². The number of aromatic nitrogens is 5. The molecule has 2 aromatic heterocycles. The molecule has 11 heteroatoms. The van der Waals surface area contributed by atoms with E-state index in [4.69, 9.17) is 0 Å². The van der Waals surface area contributed by atoms with E-state index in [1.54, 1.807) is 24.5 Å². The zero-order valence-corrected chi connectivity index (χ0v) is 20.4. The SMILES string of the molecule is O=C(NC1CCCC1)[C@H](c1ccncc1)N(C(=O)Cn1nnc(-c2ccc(F)cc2)n1)c1ccc(F)cc1. The molecule has 194 valence electrons. The number of anilines is 1. The summed E-state index contributed by atoms with van der Waals surface area (Å²) in [5, 5.41) is 15.3. The van der Waals surface area contributed by atoms with Gasteiger partial charge in [-0.25, -0.2) is 8.78 Å². The molecule has 38 heavy (non-hydrogen) atoms. The van der Waals surface area contributed by atoms with Gasteiger partial charge >= 0.3 is 0 Å². The van der Waals surface area contributed by atoms with Crippen molar-refractivity contribution in [1.29, 1.82) is 0 Å². The molecular formula is C27H25F2N7O2. The fraction of sp³-hybridized carbons (Fsp3) is 0.259. The molecule has 1 aliphatic carbocycles. The standard InChI is InChI=1S/C27H25F2N7O2/c28-20-7-5-19(6-8-20)26-32-34-35(33-26)17-24(37)36(23-11-9-21(29)10-12-23)25(18-13-15-30-16-14-18)27(38)31-22-3-1-2-4-22/h5-16,22,25H,1-4,17H2,(H,31,38)/t25-/m0/s1. The minimum Gasteiger partial charge on any atom is -0.351 e. The smallest absolute Gasteiger partial charge is 0.251 e. The van der Waals surface area contributed by atoms with Gasteiger partial charge in [-0.2, -0.15) is 4.80 Å². The van der Waals surface area contributed by atoms with E-state index in [1.807, 2.05) is 0 Å². The second-order valence-electron chi connectivity index (χ2n) is 9.06. The van der Waals surface area contributed by atoms with Gasteiger partial charge in [0.15, 0.2) is 0 Å². The van der Waals surface area contributed by atoms with Crippen molar-refractivity contribution in [2.75, 3.05) is 4.90 Å². The average molecular weight is 518 g/mol. The summed E-state index contributed by atoms with van der Waals surface area (Å²) in [5.74, 6) is -1.51. The molecular weight excluding hydrogens is 492 g/mol. The molecule has 5 rings (SSSR count). The summed E-state index contributed by atoms with van der Waals surface area (Å²) < 4.78 is 27.1. The number of hydrogen-bond donors (Lipinski definition) is 1. The van der Waals surface area contributed by atoms with Crippen molar-refractivity contribution in [3.05, 3.63) is 90.3 Å². The van der Waals surface area contributed by atoms with Crippen molar-refractivity contribution in [1.82, 2.24) is 30.5 Å². The highest BCUT2D eigenvalue weighted by Gasteiger charge is 2.34. The first kappa shape index (κ1) is 25.1. The number of tetrazole rings is 1. The summed E-state index contributed by atoms with van der Waals surface area (Å²) >= 11 is 0. The van der Waals surface area contributed by atoms with Crippen molar-refractivity contribution in [2.45, 2.75) is 44.3 Å². The third-order valence-corrected chi connectivity index (χ3v) is 6.44. The van der Waals surface area contributed by atoms with E-state index in [0.717, 1.165) is 30.5 Å². The Morgan fingerprint density at radius 1 is 0.947 bits per heavy atom. The molecule has 1 saturated carbocycles. The van der Waals surface area contributed by atoms with Gasteiger partial charge in [-0.3, -0.25) is 19.5 Å². The molecule has 0 aliphatic heterocycles. The molecule has 1 N–H and O–H groups in total. The molecule has 1 aliphatic rings. The molecule has 1 atom stereocenters. The lowest BCUT2D eigenvalue weighted by molar-refractivity contribution is -0.127. The minimum atomic E-state index is -1.04. The summed E-state index contributed by atoms with van der Waals surface area (Å²) in [7, 11) is 0. The van der Waals surface area contributed by atoms with Crippen LogP contribution in [0.15, 0.2) is 73.1 Å². The maximum Gasteiger partial charge on any atom is 0.251 e. The third kappa shape index (κ3) is 5.72. The van der Waals surface area contributed by atoms with Crippen LogP contribution in [0.5, 0.6) is 0 Å². The third-order valence-electron chi connectivity index (χ3n) is 6.44. The first-order chi connectivity index (χ1) is 18.5. The number of hydrogen-bond acceptors (Lipinski definition) is 6. The fourth-order valence-corrected chi connectivity index (χ4v) is 4.57. The first-order valence-electron chi connectivity index (χ1n) is 12.3. The molecule has 2 amide bonds. The summed E-state index contributed by atoms with van der Waals surface area (Å²) in [5.41, 5.74) is 1.41. The predicted molar refractivity (Wildman–Crippen MR) is 134 cm³/mol. The number of pyridine rings is 1. The van der Waals surface area contributed by atoms with Crippen LogP contribution in [0, 0.1) is 11.6 Å². The molecule has 1 fully saturated rings. The van der Waals surface area contributed by atoms with E-state index in [2.05, 4.69) is 25.7 Å². The van der Waals surface area contributed by atoms with Crippen LogP contribution >= 0.6 is 0 Å². The topological polar surface area (TPSA) is 106 Å². The number of carbonyl (C=O) groups excluding carboxylic acids is 2. The lowest BCUT2D eigenvalue weighted by atomic mass is 10.0. The van der Waals surface area contributed by atoms with Crippen LogP contribution in [0.3, 0.4) is 0 Å². The molecule has 2 heterocycles. The van der Waals surface area contributed by atoms with Gasteiger partial charge in [-0.1, -0.05) is 12.8 Å². The maximum atomic E-state index is 13.8. The maximum absolute atomic E-state index is 13.8. The van der Waals surface area contributed by atoms with Crippen LogP contribution in [-0.4, -0.2) is 43.0 Å². The molecule has 2 aromatic carbocycles. The van der Waals surface area contributed by atoms with Crippen molar-refractivity contribution >= 4 is 17.5 Å². The molecule has 0 saturated heterocycles. The predicted octanol–water partition coefficient (Wildman–Crippen LogP) is 3.85. The van der Waals surface area contributed by atoms with Crippen molar-refractivity contribution in [3.63, 3.8) is 0 Å².